The molecule has 1 heterocycles. The van der Waals surface area contributed by atoms with Crippen LogP contribution in [-0.2, 0) is 9.59 Å². The zero-order valence-corrected chi connectivity index (χ0v) is 23.4. The molecule has 0 radical (unpaired) electrons. The van der Waals surface area contributed by atoms with E-state index in [1.54, 1.807) is 50.2 Å². The fourth-order valence-corrected chi connectivity index (χ4v) is 5.74. The number of likely N-dealkylation sites (tertiary alicyclic amines) is 1. The third-order valence-corrected chi connectivity index (χ3v) is 8.43. The van der Waals surface area contributed by atoms with E-state index in [-0.39, 0.29) is 24.3 Å². The molecule has 1 aliphatic carbocycles. The largest absolute Gasteiger partial charge is 0.508 e. The molecule has 1 aliphatic heterocycles. The number of hydrogen-bond donors (Lipinski definition) is 4. The van der Waals surface area contributed by atoms with E-state index in [2.05, 4.69) is 10.6 Å². The second-order valence-electron chi connectivity index (χ2n) is 11.6. The van der Waals surface area contributed by atoms with Gasteiger partial charge in [0.2, 0.25) is 5.91 Å². The standard InChI is InChI=1S/C30H37F2N3O5/c1-6-12-33-26(39)23-28(4,5)30(31,32)16-35(23)27(40)24(37)29(15-21(29)19-10-8-7-9-11-19)34-25(38)20-13-17(2)14-22(36)18(20)3/h7-11,13-14,21,23-24,36-37H,6,12,15-16H2,1-5H3,(H,33,39)(H,34,38)/t21?,23-,24-,29?/m1/s1. The van der Waals surface area contributed by atoms with Gasteiger partial charge in [0.15, 0.2) is 6.10 Å². The van der Waals surface area contributed by atoms with Crippen LogP contribution in [0.2, 0.25) is 0 Å². The normalized spacial score (nSPS) is 25.2. The molecule has 4 atom stereocenters. The molecular formula is C30H37F2N3O5. The molecule has 40 heavy (non-hydrogen) atoms. The van der Waals surface area contributed by atoms with Gasteiger partial charge in [0.05, 0.1) is 17.5 Å². The van der Waals surface area contributed by atoms with Crippen molar-refractivity contribution in [2.75, 3.05) is 13.1 Å². The van der Waals surface area contributed by atoms with Crippen LogP contribution in [0.4, 0.5) is 8.78 Å². The lowest BCUT2D eigenvalue weighted by Crippen LogP contribution is -2.59. The molecule has 4 rings (SSSR count). The maximum Gasteiger partial charge on any atom is 0.272 e. The van der Waals surface area contributed by atoms with Crippen LogP contribution in [0, 0.1) is 19.3 Å². The number of aryl methyl sites for hydroxylation is 1. The molecule has 10 heteroatoms. The van der Waals surface area contributed by atoms with Crippen LogP contribution < -0.4 is 10.6 Å². The summed E-state index contributed by atoms with van der Waals surface area (Å²) in [7, 11) is 0. The first kappa shape index (κ1) is 29.5. The summed E-state index contributed by atoms with van der Waals surface area (Å²) >= 11 is 0. The summed E-state index contributed by atoms with van der Waals surface area (Å²) in [6, 6.07) is 10.6. The number of nitrogens with one attached hydrogen (secondary N) is 2. The van der Waals surface area contributed by atoms with Crippen molar-refractivity contribution >= 4 is 17.7 Å². The van der Waals surface area contributed by atoms with Crippen molar-refractivity contribution in [2.24, 2.45) is 5.41 Å². The van der Waals surface area contributed by atoms with E-state index in [9.17, 15) is 24.6 Å². The maximum absolute atomic E-state index is 15.2. The number of phenols is 1. The van der Waals surface area contributed by atoms with Gasteiger partial charge in [-0.2, -0.15) is 0 Å². The first-order valence-corrected chi connectivity index (χ1v) is 13.5. The van der Waals surface area contributed by atoms with Crippen LogP contribution in [0.5, 0.6) is 5.75 Å². The van der Waals surface area contributed by atoms with Crippen molar-refractivity contribution in [3.63, 3.8) is 0 Å². The smallest absolute Gasteiger partial charge is 0.272 e. The number of nitrogens with zero attached hydrogens (tertiary/aromatic N) is 1. The van der Waals surface area contributed by atoms with Gasteiger partial charge in [-0.3, -0.25) is 14.4 Å². The number of alkyl halides is 2. The van der Waals surface area contributed by atoms with E-state index >= 15 is 8.78 Å². The number of phenolic OH excluding ortho intramolecular Hbond substituents is 1. The molecule has 8 nitrogen and oxygen atoms in total. The monoisotopic (exact) mass is 557 g/mol. The second kappa shape index (κ2) is 10.5. The van der Waals surface area contributed by atoms with E-state index in [1.807, 2.05) is 6.92 Å². The number of aliphatic hydroxyl groups is 1. The molecule has 0 bridgehead atoms. The van der Waals surface area contributed by atoms with Gasteiger partial charge in [0.1, 0.15) is 11.8 Å². The van der Waals surface area contributed by atoms with Gasteiger partial charge < -0.3 is 25.7 Å². The van der Waals surface area contributed by atoms with Gasteiger partial charge >= 0.3 is 0 Å². The number of halogens is 2. The minimum absolute atomic E-state index is 0.0753. The highest BCUT2D eigenvalue weighted by Gasteiger charge is 2.68. The molecule has 0 spiro atoms. The fraction of sp³-hybridized carbons (Fsp3) is 0.500. The Bertz CT molecular complexity index is 1320. The van der Waals surface area contributed by atoms with Crippen molar-refractivity contribution in [3.05, 3.63) is 64.7 Å². The lowest BCUT2D eigenvalue weighted by molar-refractivity contribution is -0.148. The first-order valence-electron chi connectivity index (χ1n) is 13.5. The van der Waals surface area contributed by atoms with Crippen molar-refractivity contribution in [3.8, 4) is 5.75 Å². The molecule has 1 saturated heterocycles. The Morgan fingerprint density at radius 2 is 1.77 bits per heavy atom. The van der Waals surface area contributed by atoms with Crippen LogP contribution >= 0.6 is 0 Å². The Kier molecular flexibility index (Phi) is 7.70. The highest BCUT2D eigenvalue weighted by molar-refractivity contribution is 5.99. The maximum atomic E-state index is 15.2. The van der Waals surface area contributed by atoms with Crippen molar-refractivity contribution in [1.82, 2.24) is 15.5 Å². The molecular weight excluding hydrogens is 520 g/mol. The Labute approximate surface area is 232 Å². The highest BCUT2D eigenvalue weighted by Crippen LogP contribution is 2.55. The second-order valence-corrected chi connectivity index (χ2v) is 11.6. The number of aromatic hydroxyl groups is 1. The molecule has 0 aromatic heterocycles. The third kappa shape index (κ3) is 4.93. The number of carbonyl (C=O) groups is 3. The molecule has 216 valence electrons. The summed E-state index contributed by atoms with van der Waals surface area (Å²) in [5, 5.41) is 27.2. The average Bonchev–Trinajstić information content (AvgIpc) is 3.58. The summed E-state index contributed by atoms with van der Waals surface area (Å²) in [4.78, 5) is 41.1. The van der Waals surface area contributed by atoms with Crippen LogP contribution in [-0.4, -0.2) is 69.5 Å². The van der Waals surface area contributed by atoms with Gasteiger partial charge in [-0.1, -0.05) is 51.1 Å². The van der Waals surface area contributed by atoms with Gasteiger partial charge in [0, 0.05) is 23.6 Å². The summed E-state index contributed by atoms with van der Waals surface area (Å²) in [5.74, 6) is -6.35. The van der Waals surface area contributed by atoms with E-state index < -0.39 is 59.2 Å². The van der Waals surface area contributed by atoms with E-state index in [0.717, 1.165) is 10.5 Å². The van der Waals surface area contributed by atoms with Gasteiger partial charge in [0.25, 0.3) is 17.7 Å². The van der Waals surface area contributed by atoms with Crippen molar-refractivity contribution in [2.45, 2.75) is 77.0 Å². The van der Waals surface area contributed by atoms with E-state index in [0.29, 0.717) is 17.5 Å². The number of aliphatic hydroxyl groups excluding tert-OH is 1. The van der Waals surface area contributed by atoms with Crippen LogP contribution in [0.25, 0.3) is 0 Å². The Balaban J connectivity index is 1.71. The predicted octanol–water partition coefficient (Wildman–Crippen LogP) is 3.42. The van der Waals surface area contributed by atoms with Crippen molar-refractivity contribution < 1.29 is 33.4 Å². The number of benzene rings is 2. The highest BCUT2D eigenvalue weighted by atomic mass is 19.3. The summed E-state index contributed by atoms with van der Waals surface area (Å²) < 4.78 is 30.4. The molecule has 3 amide bonds. The minimum Gasteiger partial charge on any atom is -0.508 e. The number of carbonyl (C=O) groups excluding carboxylic acids is 3. The van der Waals surface area contributed by atoms with Gasteiger partial charge in [-0.05, 0) is 49.9 Å². The zero-order valence-electron chi connectivity index (χ0n) is 23.4. The molecule has 2 aliphatic rings. The minimum atomic E-state index is -3.40. The predicted molar refractivity (Wildman–Crippen MR) is 145 cm³/mol. The van der Waals surface area contributed by atoms with Crippen molar-refractivity contribution in [1.29, 1.82) is 0 Å². The zero-order chi connectivity index (χ0) is 29.6. The molecule has 2 unspecified atom stereocenters. The summed E-state index contributed by atoms with van der Waals surface area (Å²) in [6.45, 7) is 6.79. The molecule has 2 aromatic rings. The number of amides is 3. The Morgan fingerprint density at radius 3 is 2.40 bits per heavy atom. The Hall–Kier alpha value is -3.53. The lowest BCUT2D eigenvalue weighted by Gasteiger charge is -2.34. The van der Waals surface area contributed by atoms with Gasteiger partial charge in [-0.15, -0.1) is 0 Å². The number of hydrogen-bond acceptors (Lipinski definition) is 5. The van der Waals surface area contributed by atoms with E-state index in [4.69, 9.17) is 0 Å². The van der Waals surface area contributed by atoms with Crippen LogP contribution in [0.3, 0.4) is 0 Å². The SMILES string of the molecule is CCCNC(=O)[C@H]1N(C(=O)[C@@H](O)C2(NC(=O)c3cc(C)cc(O)c3C)CC2c2ccccc2)CC(F)(F)C1(C)C. The topological polar surface area (TPSA) is 119 Å². The fourth-order valence-electron chi connectivity index (χ4n) is 5.74. The molecule has 2 fully saturated rings. The molecule has 2 aromatic carbocycles. The average molecular weight is 558 g/mol. The molecule has 4 N–H and O–H groups in total. The third-order valence-electron chi connectivity index (χ3n) is 8.43. The van der Waals surface area contributed by atoms with Gasteiger partial charge in [-0.25, -0.2) is 8.78 Å². The summed E-state index contributed by atoms with van der Waals surface area (Å²) in [5.41, 5.74) is -1.52. The quantitative estimate of drug-likeness (QED) is 0.397. The molecule has 1 saturated carbocycles. The lowest BCUT2D eigenvalue weighted by atomic mass is 9.81. The van der Waals surface area contributed by atoms with Crippen LogP contribution in [0.15, 0.2) is 42.5 Å². The van der Waals surface area contributed by atoms with E-state index in [1.165, 1.54) is 19.9 Å². The number of rotatable bonds is 8. The first-order chi connectivity index (χ1) is 18.7. The Morgan fingerprint density at radius 1 is 1.12 bits per heavy atom. The summed E-state index contributed by atoms with van der Waals surface area (Å²) in [6.07, 6.45) is -1.16. The van der Waals surface area contributed by atoms with Crippen LogP contribution in [0.1, 0.15) is 66.6 Å².